The van der Waals surface area contributed by atoms with Crippen LogP contribution in [0.2, 0.25) is 0 Å². The number of nitrogens with zero attached hydrogens (tertiary/aromatic N) is 4. The minimum atomic E-state index is -3.84. The van der Waals surface area contributed by atoms with E-state index in [-0.39, 0.29) is 10.8 Å². The standard InChI is InChI=1S/C23H23N5O4S2/c1-27-20(9-12-25-27)23(30)10-13-28(14-11-23)22(29)16-5-7-17(8-6-16)26-34(31,32)19-4-2-3-18-21(19)24-15-33-18/h2-9,12,15,26,30H,10-11,13-14H2,1H3. The molecule has 11 heteroatoms. The molecule has 2 aromatic carbocycles. The topological polar surface area (TPSA) is 117 Å². The molecule has 1 aliphatic rings. The summed E-state index contributed by atoms with van der Waals surface area (Å²) in [5.41, 5.74) is 2.59. The van der Waals surface area contributed by atoms with Crippen molar-refractivity contribution in [1.82, 2.24) is 19.7 Å². The van der Waals surface area contributed by atoms with Gasteiger partial charge in [0.1, 0.15) is 16.0 Å². The number of hydrogen-bond donors (Lipinski definition) is 2. The molecule has 0 spiro atoms. The average Bonchev–Trinajstić information content (AvgIpc) is 3.48. The van der Waals surface area contributed by atoms with E-state index in [1.165, 1.54) is 17.4 Å². The van der Waals surface area contributed by atoms with E-state index >= 15 is 0 Å². The second-order valence-corrected chi connectivity index (χ2v) is 10.8. The Morgan fingerprint density at radius 1 is 1.12 bits per heavy atom. The number of aromatic nitrogens is 3. The van der Waals surface area contributed by atoms with Gasteiger partial charge in [0.15, 0.2) is 0 Å². The van der Waals surface area contributed by atoms with E-state index in [4.69, 9.17) is 0 Å². The highest BCUT2D eigenvalue weighted by molar-refractivity contribution is 7.93. The molecular weight excluding hydrogens is 474 g/mol. The van der Waals surface area contributed by atoms with Gasteiger partial charge in [-0.2, -0.15) is 5.10 Å². The number of aryl methyl sites for hydroxylation is 1. The Labute approximate surface area is 200 Å². The van der Waals surface area contributed by atoms with Gasteiger partial charge in [-0.25, -0.2) is 13.4 Å². The van der Waals surface area contributed by atoms with Crippen LogP contribution in [-0.4, -0.2) is 52.2 Å². The zero-order chi connectivity index (χ0) is 23.9. The van der Waals surface area contributed by atoms with Crippen molar-refractivity contribution in [3.8, 4) is 0 Å². The summed E-state index contributed by atoms with van der Waals surface area (Å²) < 4.78 is 30.8. The summed E-state index contributed by atoms with van der Waals surface area (Å²) in [6.45, 7) is 0.819. The average molecular weight is 498 g/mol. The molecule has 0 radical (unpaired) electrons. The predicted molar refractivity (Wildman–Crippen MR) is 129 cm³/mol. The molecule has 9 nitrogen and oxygen atoms in total. The molecule has 0 atom stereocenters. The number of aliphatic hydroxyl groups is 1. The number of benzene rings is 2. The van der Waals surface area contributed by atoms with Gasteiger partial charge in [-0.05, 0) is 55.3 Å². The Kier molecular flexibility index (Phi) is 5.62. The molecule has 1 saturated heterocycles. The summed E-state index contributed by atoms with van der Waals surface area (Å²) in [6.07, 6.45) is 2.48. The Bertz CT molecular complexity index is 1450. The first-order valence-electron chi connectivity index (χ1n) is 10.7. The van der Waals surface area contributed by atoms with E-state index in [9.17, 15) is 18.3 Å². The molecule has 2 aromatic heterocycles. The smallest absolute Gasteiger partial charge is 0.264 e. The minimum absolute atomic E-state index is 0.112. The number of carbonyl (C=O) groups excluding carboxylic acids is 1. The lowest BCUT2D eigenvalue weighted by Gasteiger charge is -2.38. The van der Waals surface area contributed by atoms with Crippen LogP contribution in [0.4, 0.5) is 5.69 Å². The first kappa shape index (κ1) is 22.5. The van der Waals surface area contributed by atoms with Crippen molar-refractivity contribution >= 4 is 43.2 Å². The second kappa shape index (κ2) is 8.49. The summed E-state index contributed by atoms with van der Waals surface area (Å²) in [4.78, 5) is 19.0. The number of thiazole rings is 1. The van der Waals surface area contributed by atoms with Crippen molar-refractivity contribution in [3.05, 3.63) is 71.5 Å². The summed E-state index contributed by atoms with van der Waals surface area (Å²) in [5.74, 6) is -0.159. The highest BCUT2D eigenvalue weighted by Gasteiger charge is 2.37. The lowest BCUT2D eigenvalue weighted by atomic mass is 9.88. The molecule has 0 saturated carbocycles. The van der Waals surface area contributed by atoms with Crippen molar-refractivity contribution in [2.24, 2.45) is 7.05 Å². The summed E-state index contributed by atoms with van der Waals surface area (Å²) in [6, 6.07) is 13.2. The van der Waals surface area contributed by atoms with Gasteiger partial charge >= 0.3 is 0 Å². The molecule has 1 amide bonds. The monoisotopic (exact) mass is 497 g/mol. The van der Waals surface area contributed by atoms with Crippen molar-refractivity contribution in [3.63, 3.8) is 0 Å². The van der Waals surface area contributed by atoms with E-state index in [2.05, 4.69) is 14.8 Å². The van der Waals surface area contributed by atoms with Crippen LogP contribution < -0.4 is 4.72 Å². The van der Waals surface area contributed by atoms with Gasteiger partial charge in [-0.3, -0.25) is 14.2 Å². The quantitative estimate of drug-likeness (QED) is 0.438. The van der Waals surface area contributed by atoms with Crippen molar-refractivity contribution in [2.45, 2.75) is 23.3 Å². The first-order chi connectivity index (χ1) is 16.3. The molecule has 1 fully saturated rings. The van der Waals surface area contributed by atoms with Gasteiger partial charge in [0, 0.05) is 37.6 Å². The Balaban J connectivity index is 1.27. The lowest BCUT2D eigenvalue weighted by Crippen LogP contribution is -2.45. The van der Waals surface area contributed by atoms with Crippen LogP contribution in [0.5, 0.6) is 0 Å². The highest BCUT2D eigenvalue weighted by Crippen LogP contribution is 2.33. The van der Waals surface area contributed by atoms with Crippen LogP contribution >= 0.6 is 11.3 Å². The number of amides is 1. The zero-order valence-corrected chi connectivity index (χ0v) is 20.0. The third-order valence-electron chi connectivity index (χ3n) is 6.17. The number of para-hydroxylation sites is 1. The van der Waals surface area contributed by atoms with Crippen molar-refractivity contribution in [2.75, 3.05) is 17.8 Å². The van der Waals surface area contributed by atoms with Gasteiger partial charge in [0.25, 0.3) is 15.9 Å². The maximum Gasteiger partial charge on any atom is 0.264 e. The largest absolute Gasteiger partial charge is 0.383 e. The van der Waals surface area contributed by atoms with Gasteiger partial charge in [-0.15, -0.1) is 11.3 Å². The molecular formula is C23H23N5O4S2. The molecule has 34 heavy (non-hydrogen) atoms. The van der Waals surface area contributed by atoms with E-state index in [0.29, 0.717) is 42.7 Å². The number of sulfonamides is 1. The second-order valence-electron chi connectivity index (χ2n) is 8.30. The van der Waals surface area contributed by atoms with Crippen molar-refractivity contribution < 1.29 is 18.3 Å². The highest BCUT2D eigenvalue weighted by atomic mass is 32.2. The van der Waals surface area contributed by atoms with Crippen LogP contribution in [0.1, 0.15) is 28.9 Å². The van der Waals surface area contributed by atoms with E-state index < -0.39 is 15.6 Å². The number of carbonyl (C=O) groups is 1. The number of piperidine rings is 1. The predicted octanol–water partition coefficient (Wildman–Crippen LogP) is 2.95. The molecule has 4 aromatic rings. The molecule has 0 bridgehead atoms. The number of rotatable bonds is 5. The maximum absolute atomic E-state index is 13.0. The Morgan fingerprint density at radius 2 is 1.85 bits per heavy atom. The van der Waals surface area contributed by atoms with Crippen LogP contribution in [-0.2, 0) is 22.7 Å². The lowest BCUT2D eigenvalue weighted by molar-refractivity contribution is -0.0270. The molecule has 0 aliphatic carbocycles. The molecule has 2 N–H and O–H groups in total. The fourth-order valence-corrected chi connectivity index (χ4v) is 6.32. The number of fused-ring (bicyclic) bond motifs is 1. The number of likely N-dealkylation sites (tertiary alicyclic amines) is 1. The Morgan fingerprint density at radius 3 is 2.53 bits per heavy atom. The third-order valence-corrected chi connectivity index (χ3v) is 8.38. The normalized spacial score (nSPS) is 16.0. The first-order valence-corrected chi connectivity index (χ1v) is 13.1. The Hall–Kier alpha value is -3.28. The molecule has 1 aliphatic heterocycles. The fraction of sp³-hybridized carbons (Fsp3) is 0.261. The SMILES string of the molecule is Cn1nccc1C1(O)CCN(C(=O)c2ccc(NS(=O)(=O)c3cccc4scnc34)cc2)CC1. The minimum Gasteiger partial charge on any atom is -0.383 e. The van der Waals surface area contributed by atoms with Crippen LogP contribution in [0.25, 0.3) is 10.2 Å². The fourth-order valence-electron chi connectivity index (χ4n) is 4.32. The van der Waals surface area contributed by atoms with Crippen LogP contribution in [0, 0.1) is 0 Å². The third kappa shape index (κ3) is 4.06. The van der Waals surface area contributed by atoms with Crippen LogP contribution in [0.15, 0.2) is 65.1 Å². The molecule has 0 unspecified atom stereocenters. The van der Waals surface area contributed by atoms with Gasteiger partial charge in [0.05, 0.1) is 15.9 Å². The van der Waals surface area contributed by atoms with Gasteiger partial charge in [0.2, 0.25) is 0 Å². The zero-order valence-electron chi connectivity index (χ0n) is 18.4. The van der Waals surface area contributed by atoms with Crippen molar-refractivity contribution in [1.29, 1.82) is 0 Å². The van der Waals surface area contributed by atoms with E-state index in [1.54, 1.807) is 64.7 Å². The molecule has 176 valence electrons. The molecule has 3 heterocycles. The summed E-state index contributed by atoms with van der Waals surface area (Å²) >= 11 is 1.38. The van der Waals surface area contributed by atoms with E-state index in [1.807, 2.05) is 6.07 Å². The number of anilines is 1. The maximum atomic E-state index is 13.0. The summed E-state index contributed by atoms with van der Waals surface area (Å²) in [5, 5.41) is 15.1. The number of nitrogens with one attached hydrogen (secondary N) is 1. The van der Waals surface area contributed by atoms with E-state index in [0.717, 1.165) is 10.4 Å². The van der Waals surface area contributed by atoms with Gasteiger partial charge < -0.3 is 10.0 Å². The number of hydrogen-bond acceptors (Lipinski definition) is 7. The summed E-state index contributed by atoms with van der Waals surface area (Å²) in [7, 11) is -2.05. The molecule has 5 rings (SSSR count). The van der Waals surface area contributed by atoms with Crippen LogP contribution in [0.3, 0.4) is 0 Å². The van der Waals surface area contributed by atoms with Gasteiger partial charge in [-0.1, -0.05) is 6.07 Å².